The average Bonchev–Trinajstić information content (AvgIpc) is 2.63. The minimum atomic E-state index is -0.613. The van der Waals surface area contributed by atoms with Crippen molar-refractivity contribution in [2.75, 3.05) is 12.4 Å². The van der Waals surface area contributed by atoms with Crippen LogP contribution in [0, 0.1) is 10.1 Å². The fraction of sp³-hybridized carbons (Fsp3) is 0.0588. The van der Waals surface area contributed by atoms with E-state index in [0.29, 0.717) is 22.2 Å². The first-order chi connectivity index (χ1) is 12.6. The monoisotopic (exact) mass is 372 g/mol. The fourth-order valence-corrected chi connectivity index (χ4v) is 2.37. The Balaban J connectivity index is 2.01. The smallest absolute Gasteiger partial charge is 0.373 e. The summed E-state index contributed by atoms with van der Waals surface area (Å²) in [6.45, 7) is 0. The van der Waals surface area contributed by atoms with Crippen molar-refractivity contribution in [3.05, 3.63) is 70.0 Å². The van der Waals surface area contributed by atoms with Crippen molar-refractivity contribution in [3.63, 3.8) is 0 Å². The van der Waals surface area contributed by atoms with Gasteiger partial charge in [-0.05, 0) is 30.3 Å². The van der Waals surface area contributed by atoms with Gasteiger partial charge < -0.3 is 14.8 Å². The molecular weight excluding hydrogens is 360 g/mol. The Morgan fingerprint density at radius 1 is 1.15 bits per heavy atom. The minimum absolute atomic E-state index is 0.0449. The largest absolute Gasteiger partial charge is 0.495 e. The van der Waals surface area contributed by atoms with E-state index < -0.39 is 10.6 Å². The lowest BCUT2D eigenvalue weighted by Crippen LogP contribution is -2.04. The number of para-hydroxylation sites is 1. The van der Waals surface area contributed by atoms with E-state index in [1.165, 1.54) is 13.4 Å². The molecule has 9 heteroatoms. The number of halogens is 1. The van der Waals surface area contributed by atoms with Crippen molar-refractivity contribution in [1.82, 2.24) is 9.97 Å². The van der Waals surface area contributed by atoms with Gasteiger partial charge in [-0.15, -0.1) is 0 Å². The zero-order chi connectivity index (χ0) is 18.5. The zero-order valence-corrected chi connectivity index (χ0v) is 14.3. The second-order valence-electron chi connectivity index (χ2n) is 5.02. The molecule has 3 rings (SSSR count). The molecular formula is C17H13ClN4O4. The van der Waals surface area contributed by atoms with Crippen molar-refractivity contribution in [1.29, 1.82) is 0 Å². The first-order valence-corrected chi connectivity index (χ1v) is 7.79. The lowest BCUT2D eigenvalue weighted by Gasteiger charge is -2.12. The lowest BCUT2D eigenvalue weighted by atomic mass is 10.3. The normalized spacial score (nSPS) is 10.2. The predicted octanol–water partition coefficient (Wildman–Crippen LogP) is 4.58. The van der Waals surface area contributed by atoms with Gasteiger partial charge in [0, 0.05) is 5.02 Å². The number of nitro groups is 1. The predicted molar refractivity (Wildman–Crippen MR) is 96.5 cm³/mol. The van der Waals surface area contributed by atoms with Crippen LogP contribution < -0.4 is 14.8 Å². The van der Waals surface area contributed by atoms with Crippen molar-refractivity contribution in [2.24, 2.45) is 0 Å². The molecule has 2 aromatic carbocycles. The quantitative estimate of drug-likeness (QED) is 0.499. The summed E-state index contributed by atoms with van der Waals surface area (Å²) in [4.78, 5) is 18.8. The third-order valence-electron chi connectivity index (χ3n) is 3.34. The second-order valence-corrected chi connectivity index (χ2v) is 5.45. The maximum atomic E-state index is 11.6. The molecule has 0 saturated heterocycles. The summed E-state index contributed by atoms with van der Waals surface area (Å²) in [6.07, 6.45) is 1.17. The van der Waals surface area contributed by atoms with Crippen LogP contribution in [0.2, 0.25) is 5.02 Å². The highest BCUT2D eigenvalue weighted by Gasteiger charge is 2.26. The van der Waals surface area contributed by atoms with E-state index in [4.69, 9.17) is 21.1 Å². The standard InChI is InChI=1S/C17H13ClN4O4/c1-25-14-8-7-11(18)9-13(14)21-16-15(22(23)24)17(20-10-19-16)26-12-5-3-2-4-6-12/h2-10H,1H3,(H,19,20,21). The van der Waals surface area contributed by atoms with Gasteiger partial charge in [0.1, 0.15) is 17.8 Å². The van der Waals surface area contributed by atoms with Crippen LogP contribution in [0.1, 0.15) is 0 Å². The van der Waals surface area contributed by atoms with E-state index in [0.717, 1.165) is 0 Å². The molecule has 0 atom stereocenters. The zero-order valence-electron chi connectivity index (χ0n) is 13.5. The summed E-state index contributed by atoms with van der Waals surface area (Å²) in [5.41, 5.74) is 0.0193. The van der Waals surface area contributed by atoms with E-state index in [1.807, 2.05) is 0 Å². The van der Waals surface area contributed by atoms with Crippen LogP contribution in [0.3, 0.4) is 0 Å². The first-order valence-electron chi connectivity index (χ1n) is 7.41. The molecule has 0 bridgehead atoms. The van der Waals surface area contributed by atoms with Gasteiger partial charge in [-0.3, -0.25) is 10.1 Å². The van der Waals surface area contributed by atoms with Crippen molar-refractivity contribution in [2.45, 2.75) is 0 Å². The molecule has 0 unspecified atom stereocenters. The molecule has 0 radical (unpaired) electrons. The summed E-state index contributed by atoms with van der Waals surface area (Å²) in [5.74, 6) is 0.643. The number of rotatable bonds is 6. The van der Waals surface area contributed by atoms with Crippen molar-refractivity contribution < 1.29 is 14.4 Å². The number of ether oxygens (including phenoxy) is 2. The number of nitrogens with one attached hydrogen (secondary N) is 1. The van der Waals surface area contributed by atoms with Gasteiger partial charge in [0.05, 0.1) is 17.7 Å². The summed E-state index contributed by atoms with van der Waals surface area (Å²) in [7, 11) is 1.48. The number of hydrogen-bond acceptors (Lipinski definition) is 7. The molecule has 26 heavy (non-hydrogen) atoms. The van der Waals surface area contributed by atoms with Crippen LogP contribution >= 0.6 is 11.6 Å². The van der Waals surface area contributed by atoms with Gasteiger partial charge in [-0.25, -0.2) is 4.98 Å². The Morgan fingerprint density at radius 2 is 1.92 bits per heavy atom. The Bertz CT molecular complexity index is 937. The van der Waals surface area contributed by atoms with E-state index in [1.54, 1.807) is 48.5 Å². The Kier molecular flexibility index (Phi) is 5.14. The van der Waals surface area contributed by atoms with Crippen LogP contribution in [0.15, 0.2) is 54.9 Å². The SMILES string of the molecule is COc1ccc(Cl)cc1Nc1ncnc(Oc2ccccc2)c1[N+](=O)[O-]. The second kappa shape index (κ2) is 7.66. The molecule has 0 saturated carbocycles. The van der Waals surface area contributed by atoms with Crippen LogP contribution in [0.25, 0.3) is 0 Å². The Hall–Kier alpha value is -3.39. The maximum Gasteiger partial charge on any atom is 0.373 e. The molecule has 1 heterocycles. The van der Waals surface area contributed by atoms with Gasteiger partial charge in [0.25, 0.3) is 0 Å². The van der Waals surface area contributed by atoms with Crippen LogP contribution in [-0.4, -0.2) is 22.0 Å². The minimum Gasteiger partial charge on any atom is -0.495 e. The van der Waals surface area contributed by atoms with Gasteiger partial charge in [0.2, 0.25) is 5.82 Å². The molecule has 3 aromatic rings. The van der Waals surface area contributed by atoms with Crippen LogP contribution in [-0.2, 0) is 0 Å². The molecule has 0 aliphatic rings. The third kappa shape index (κ3) is 3.81. The summed E-state index contributed by atoms with van der Waals surface area (Å²) in [5, 5.41) is 14.9. The highest BCUT2D eigenvalue weighted by atomic mass is 35.5. The highest BCUT2D eigenvalue weighted by Crippen LogP contribution is 2.37. The molecule has 1 N–H and O–H groups in total. The third-order valence-corrected chi connectivity index (χ3v) is 3.58. The maximum absolute atomic E-state index is 11.6. The fourth-order valence-electron chi connectivity index (χ4n) is 2.20. The van der Waals surface area contributed by atoms with Crippen molar-refractivity contribution >= 4 is 28.8 Å². The number of aromatic nitrogens is 2. The molecule has 0 aliphatic carbocycles. The van der Waals surface area contributed by atoms with E-state index in [-0.39, 0.29) is 11.7 Å². The summed E-state index contributed by atoms with van der Waals surface area (Å²) in [6, 6.07) is 13.5. The number of anilines is 2. The van der Waals surface area contributed by atoms with Crippen molar-refractivity contribution in [3.8, 4) is 17.4 Å². The van der Waals surface area contributed by atoms with Crippen LogP contribution in [0.4, 0.5) is 17.2 Å². The van der Waals surface area contributed by atoms with E-state index in [2.05, 4.69) is 15.3 Å². The Morgan fingerprint density at radius 3 is 2.62 bits per heavy atom. The number of nitrogens with zero attached hydrogens (tertiary/aromatic N) is 3. The van der Waals surface area contributed by atoms with Gasteiger partial charge >= 0.3 is 11.6 Å². The molecule has 132 valence electrons. The van der Waals surface area contributed by atoms with E-state index >= 15 is 0 Å². The molecule has 8 nitrogen and oxygen atoms in total. The number of hydrogen-bond donors (Lipinski definition) is 1. The average molecular weight is 373 g/mol. The van der Waals surface area contributed by atoms with Gasteiger partial charge in [0.15, 0.2) is 0 Å². The molecule has 0 aliphatic heterocycles. The van der Waals surface area contributed by atoms with Gasteiger partial charge in [-0.2, -0.15) is 4.98 Å². The molecule has 1 aromatic heterocycles. The topological polar surface area (TPSA) is 99.4 Å². The number of benzene rings is 2. The highest BCUT2D eigenvalue weighted by molar-refractivity contribution is 6.31. The molecule has 0 fully saturated rings. The molecule has 0 spiro atoms. The first kappa shape index (κ1) is 17.4. The van der Waals surface area contributed by atoms with Crippen LogP contribution in [0.5, 0.6) is 17.4 Å². The van der Waals surface area contributed by atoms with Gasteiger partial charge in [-0.1, -0.05) is 29.8 Å². The summed E-state index contributed by atoms with van der Waals surface area (Å²) < 4.78 is 10.8. The lowest BCUT2D eigenvalue weighted by molar-refractivity contribution is -0.385. The number of methoxy groups -OCH3 is 1. The Labute approximate surface area is 153 Å². The summed E-state index contributed by atoms with van der Waals surface area (Å²) >= 11 is 5.99. The van der Waals surface area contributed by atoms with E-state index in [9.17, 15) is 10.1 Å². The molecule has 0 amide bonds.